The molecule has 0 bridgehead atoms. The number of esters is 2. The van der Waals surface area contributed by atoms with E-state index in [0.717, 1.165) is 53.7 Å². The van der Waals surface area contributed by atoms with Crippen molar-refractivity contribution in [3.8, 4) is 0 Å². The molecule has 35 heavy (non-hydrogen) atoms. The second-order valence-electron chi connectivity index (χ2n) is 7.63. The molecule has 10 nitrogen and oxygen atoms in total. The van der Waals surface area contributed by atoms with Crippen molar-refractivity contribution in [2.45, 2.75) is 13.5 Å². The zero-order chi connectivity index (χ0) is 25.1. The lowest BCUT2D eigenvalue weighted by Crippen LogP contribution is -2.21. The number of amides is 1. The van der Waals surface area contributed by atoms with Gasteiger partial charge in [-0.2, -0.15) is 0 Å². The van der Waals surface area contributed by atoms with Gasteiger partial charge in [-0.05, 0) is 37.3 Å². The first-order valence-corrected chi connectivity index (χ1v) is 10.7. The molecule has 0 aliphatic rings. The van der Waals surface area contributed by atoms with Crippen LogP contribution in [0.2, 0.25) is 0 Å². The standard InChI is InChI=1S/C25H21N3O7/c1-3-27-21-7-5-4-6-19(21)20-13-17(8-9-22(20)27)26-23(29)14-35-25(31)16-10-15(24(30)34-2)11-18(12-16)28(32)33/h4-13H,3,14H2,1-2H3,(H,26,29). The maximum atomic E-state index is 12.4. The summed E-state index contributed by atoms with van der Waals surface area (Å²) in [5.41, 5.74) is 1.74. The summed E-state index contributed by atoms with van der Waals surface area (Å²) in [4.78, 5) is 47.0. The molecule has 0 spiro atoms. The maximum absolute atomic E-state index is 12.4. The van der Waals surface area contributed by atoms with Crippen molar-refractivity contribution in [3.63, 3.8) is 0 Å². The van der Waals surface area contributed by atoms with Gasteiger partial charge in [-0.25, -0.2) is 9.59 Å². The van der Waals surface area contributed by atoms with Crippen molar-refractivity contribution in [2.24, 2.45) is 0 Å². The fraction of sp³-hybridized carbons (Fsp3) is 0.160. The van der Waals surface area contributed by atoms with Gasteiger partial charge in [0.25, 0.3) is 11.6 Å². The van der Waals surface area contributed by atoms with Gasteiger partial charge < -0.3 is 19.4 Å². The highest BCUT2D eigenvalue weighted by atomic mass is 16.6. The number of fused-ring (bicyclic) bond motifs is 3. The number of ether oxygens (including phenoxy) is 2. The summed E-state index contributed by atoms with van der Waals surface area (Å²) in [5, 5.41) is 15.9. The smallest absolute Gasteiger partial charge is 0.338 e. The lowest BCUT2D eigenvalue weighted by atomic mass is 10.1. The number of rotatable bonds is 7. The van der Waals surface area contributed by atoms with Gasteiger partial charge in [-0.3, -0.25) is 14.9 Å². The number of methoxy groups -OCH3 is 1. The Balaban J connectivity index is 1.49. The second kappa shape index (κ2) is 9.64. The lowest BCUT2D eigenvalue weighted by Gasteiger charge is -2.08. The first-order chi connectivity index (χ1) is 16.8. The van der Waals surface area contributed by atoms with Gasteiger partial charge in [0, 0.05) is 46.2 Å². The van der Waals surface area contributed by atoms with Crippen LogP contribution in [-0.4, -0.2) is 41.1 Å². The second-order valence-corrected chi connectivity index (χ2v) is 7.63. The molecule has 1 N–H and O–H groups in total. The third-order valence-electron chi connectivity index (χ3n) is 5.49. The Morgan fingerprint density at radius 1 is 0.943 bits per heavy atom. The van der Waals surface area contributed by atoms with E-state index in [-0.39, 0.29) is 11.1 Å². The van der Waals surface area contributed by atoms with E-state index < -0.39 is 35.1 Å². The molecule has 0 saturated carbocycles. The molecule has 0 fully saturated rings. The summed E-state index contributed by atoms with van der Waals surface area (Å²) in [6, 6.07) is 16.6. The molecule has 178 valence electrons. The fourth-order valence-electron chi connectivity index (χ4n) is 3.95. The normalized spacial score (nSPS) is 10.8. The van der Waals surface area contributed by atoms with Gasteiger partial charge in [-0.15, -0.1) is 0 Å². The lowest BCUT2D eigenvalue weighted by molar-refractivity contribution is -0.384. The molecule has 0 atom stereocenters. The highest BCUT2D eigenvalue weighted by molar-refractivity contribution is 6.10. The average Bonchev–Trinajstić information content (AvgIpc) is 3.19. The first-order valence-electron chi connectivity index (χ1n) is 10.7. The van der Waals surface area contributed by atoms with Gasteiger partial charge in [0.1, 0.15) is 0 Å². The molecule has 1 heterocycles. The summed E-state index contributed by atoms with van der Waals surface area (Å²) in [7, 11) is 1.11. The monoisotopic (exact) mass is 475 g/mol. The van der Waals surface area contributed by atoms with Crippen molar-refractivity contribution >= 4 is 51.0 Å². The van der Waals surface area contributed by atoms with Crippen LogP contribution in [0.5, 0.6) is 0 Å². The van der Waals surface area contributed by atoms with Crippen LogP contribution in [-0.2, 0) is 20.8 Å². The Morgan fingerprint density at radius 2 is 1.63 bits per heavy atom. The van der Waals surface area contributed by atoms with Crippen LogP contribution in [0, 0.1) is 10.1 Å². The highest BCUT2D eigenvalue weighted by Crippen LogP contribution is 2.31. The third-order valence-corrected chi connectivity index (χ3v) is 5.49. The van der Waals surface area contributed by atoms with E-state index in [0.29, 0.717) is 5.69 Å². The number of carbonyl (C=O) groups excluding carboxylic acids is 3. The quantitative estimate of drug-likeness (QED) is 0.240. The van der Waals surface area contributed by atoms with Gasteiger partial charge in [-0.1, -0.05) is 18.2 Å². The molecule has 0 radical (unpaired) electrons. The molecule has 4 rings (SSSR count). The van der Waals surface area contributed by atoms with Gasteiger partial charge >= 0.3 is 11.9 Å². The first kappa shape index (κ1) is 23.4. The van der Waals surface area contributed by atoms with Crippen LogP contribution < -0.4 is 5.32 Å². The third kappa shape index (κ3) is 4.67. The molecule has 10 heteroatoms. The molecule has 0 aliphatic carbocycles. The summed E-state index contributed by atoms with van der Waals surface area (Å²) < 4.78 is 11.8. The van der Waals surface area contributed by atoms with Gasteiger partial charge in [0.15, 0.2) is 6.61 Å². The molecule has 3 aromatic carbocycles. The summed E-state index contributed by atoms with van der Waals surface area (Å²) in [5.74, 6) is -2.42. The summed E-state index contributed by atoms with van der Waals surface area (Å²) in [6.45, 7) is 2.23. The predicted octanol–water partition coefficient (Wildman–Crippen LogP) is 4.30. The molecule has 0 aliphatic heterocycles. The average molecular weight is 475 g/mol. The minimum absolute atomic E-state index is 0.183. The fourth-order valence-corrected chi connectivity index (χ4v) is 3.95. The summed E-state index contributed by atoms with van der Waals surface area (Å²) in [6.07, 6.45) is 0. The SMILES string of the molecule is CCn1c2ccccc2c2cc(NC(=O)COC(=O)c3cc(C(=O)OC)cc([N+](=O)[O-])c3)ccc21. The molecule has 0 saturated heterocycles. The van der Waals surface area contributed by atoms with Crippen molar-refractivity contribution in [1.82, 2.24) is 4.57 Å². The predicted molar refractivity (Wildman–Crippen MR) is 128 cm³/mol. The summed E-state index contributed by atoms with van der Waals surface area (Å²) >= 11 is 0. The van der Waals surface area contributed by atoms with E-state index in [2.05, 4.69) is 21.5 Å². The molecule has 4 aromatic rings. The number of benzene rings is 3. The Morgan fingerprint density at radius 3 is 2.31 bits per heavy atom. The van der Waals surface area contributed by atoms with Crippen molar-refractivity contribution in [1.29, 1.82) is 0 Å². The highest BCUT2D eigenvalue weighted by Gasteiger charge is 2.20. The molecule has 1 amide bonds. The van der Waals surface area contributed by atoms with Crippen molar-refractivity contribution in [3.05, 3.63) is 81.9 Å². The van der Waals surface area contributed by atoms with Crippen LogP contribution in [0.4, 0.5) is 11.4 Å². The zero-order valence-electron chi connectivity index (χ0n) is 18.9. The number of aryl methyl sites for hydroxylation is 1. The topological polar surface area (TPSA) is 130 Å². The Labute approximate surface area is 199 Å². The Bertz CT molecular complexity index is 1490. The van der Waals surface area contributed by atoms with E-state index >= 15 is 0 Å². The molecule has 1 aromatic heterocycles. The number of nitro benzene ring substituents is 1. The van der Waals surface area contributed by atoms with Crippen molar-refractivity contribution in [2.75, 3.05) is 19.0 Å². The Kier molecular flexibility index (Phi) is 6.45. The number of anilines is 1. The molecular formula is C25H21N3O7. The number of aromatic nitrogens is 1. The van der Waals surface area contributed by atoms with Crippen LogP contribution in [0.3, 0.4) is 0 Å². The molecular weight excluding hydrogens is 454 g/mol. The minimum atomic E-state index is -0.990. The number of carbonyl (C=O) groups is 3. The van der Waals surface area contributed by atoms with E-state index in [1.807, 2.05) is 36.4 Å². The van der Waals surface area contributed by atoms with Gasteiger partial charge in [0.2, 0.25) is 0 Å². The number of para-hydroxylation sites is 1. The number of nitro groups is 1. The number of nitrogens with one attached hydrogen (secondary N) is 1. The maximum Gasteiger partial charge on any atom is 0.338 e. The van der Waals surface area contributed by atoms with E-state index in [1.54, 1.807) is 6.07 Å². The zero-order valence-corrected chi connectivity index (χ0v) is 18.9. The van der Waals surface area contributed by atoms with E-state index in [1.165, 1.54) is 0 Å². The van der Waals surface area contributed by atoms with Crippen LogP contribution in [0.25, 0.3) is 21.8 Å². The number of hydrogen-bond donors (Lipinski definition) is 1. The molecule has 0 unspecified atom stereocenters. The van der Waals surface area contributed by atoms with Crippen LogP contribution in [0.15, 0.2) is 60.7 Å². The minimum Gasteiger partial charge on any atom is -0.465 e. The van der Waals surface area contributed by atoms with Gasteiger partial charge in [0.05, 0.1) is 23.2 Å². The number of nitrogens with zero attached hydrogens (tertiary/aromatic N) is 2. The number of hydrogen-bond acceptors (Lipinski definition) is 7. The van der Waals surface area contributed by atoms with Crippen LogP contribution >= 0.6 is 0 Å². The van der Waals surface area contributed by atoms with Crippen molar-refractivity contribution < 1.29 is 28.8 Å². The largest absolute Gasteiger partial charge is 0.465 e. The number of non-ortho nitro benzene ring substituents is 1. The van der Waals surface area contributed by atoms with E-state index in [9.17, 15) is 24.5 Å². The van der Waals surface area contributed by atoms with Crippen LogP contribution in [0.1, 0.15) is 27.6 Å². The van der Waals surface area contributed by atoms with E-state index in [4.69, 9.17) is 4.74 Å². The Hall–Kier alpha value is -4.73.